The van der Waals surface area contributed by atoms with Gasteiger partial charge >= 0.3 is 5.97 Å². The van der Waals surface area contributed by atoms with E-state index >= 15 is 0 Å². The number of ether oxygens (including phenoxy) is 1. The van der Waals surface area contributed by atoms with Crippen LogP contribution in [0, 0.1) is 11.8 Å². The molecule has 0 spiro atoms. The van der Waals surface area contributed by atoms with Crippen molar-refractivity contribution in [2.45, 2.75) is 11.8 Å². The zero-order chi connectivity index (χ0) is 14.5. The van der Waals surface area contributed by atoms with Gasteiger partial charge in [-0.3, -0.25) is 0 Å². The first-order valence-electron chi connectivity index (χ1n) is 5.23. The van der Waals surface area contributed by atoms with Gasteiger partial charge in [0.1, 0.15) is 11.3 Å². The second kappa shape index (κ2) is 6.22. The van der Waals surface area contributed by atoms with Gasteiger partial charge in [0, 0.05) is 0 Å². The second-order valence-corrected chi connectivity index (χ2v) is 5.19. The molecular weight excluding hydrogens is 270 g/mol. The van der Waals surface area contributed by atoms with Gasteiger partial charge in [0.2, 0.25) is 10.0 Å². The number of aromatic carboxylic acids is 1. The quantitative estimate of drug-likeness (QED) is 0.776. The summed E-state index contributed by atoms with van der Waals surface area (Å²) in [7, 11) is -2.47. The van der Waals surface area contributed by atoms with E-state index in [4.69, 9.17) is 9.84 Å². The van der Waals surface area contributed by atoms with Crippen LogP contribution in [-0.2, 0) is 10.0 Å². The molecule has 0 aliphatic heterocycles. The molecule has 1 rings (SSSR count). The maximum Gasteiger partial charge on any atom is 0.339 e. The van der Waals surface area contributed by atoms with Gasteiger partial charge < -0.3 is 9.84 Å². The summed E-state index contributed by atoms with van der Waals surface area (Å²) in [5.74, 6) is 3.94. The molecule has 1 aromatic rings. The summed E-state index contributed by atoms with van der Waals surface area (Å²) in [6.45, 7) is 1.55. The fourth-order valence-electron chi connectivity index (χ4n) is 1.32. The SMILES string of the molecule is CC#CCNS(=O)(=O)c1ccc(OC)c(C(=O)O)c1. The minimum atomic E-state index is -3.78. The molecule has 19 heavy (non-hydrogen) atoms. The van der Waals surface area contributed by atoms with E-state index in [-0.39, 0.29) is 22.8 Å². The Balaban J connectivity index is 3.16. The molecule has 0 saturated carbocycles. The van der Waals surface area contributed by atoms with Crippen molar-refractivity contribution in [2.24, 2.45) is 0 Å². The Morgan fingerprint density at radius 1 is 1.47 bits per heavy atom. The first-order valence-corrected chi connectivity index (χ1v) is 6.71. The third kappa shape index (κ3) is 3.71. The number of hydrogen-bond acceptors (Lipinski definition) is 4. The van der Waals surface area contributed by atoms with Crippen molar-refractivity contribution in [2.75, 3.05) is 13.7 Å². The monoisotopic (exact) mass is 283 g/mol. The van der Waals surface area contributed by atoms with Crippen molar-refractivity contribution in [1.82, 2.24) is 4.72 Å². The van der Waals surface area contributed by atoms with E-state index in [1.807, 2.05) is 0 Å². The topological polar surface area (TPSA) is 92.7 Å². The molecule has 0 aliphatic carbocycles. The van der Waals surface area contributed by atoms with Crippen LogP contribution in [0.15, 0.2) is 23.1 Å². The highest BCUT2D eigenvalue weighted by molar-refractivity contribution is 7.89. The maximum absolute atomic E-state index is 11.9. The van der Waals surface area contributed by atoms with Crippen molar-refractivity contribution in [3.63, 3.8) is 0 Å². The normalized spacial score (nSPS) is 10.4. The lowest BCUT2D eigenvalue weighted by molar-refractivity contribution is 0.0693. The molecule has 0 amide bonds. The fraction of sp³-hybridized carbons (Fsp3) is 0.250. The zero-order valence-corrected chi connectivity index (χ0v) is 11.2. The number of carbonyl (C=O) groups is 1. The lowest BCUT2D eigenvalue weighted by atomic mass is 10.2. The van der Waals surface area contributed by atoms with Gasteiger partial charge in [0.05, 0.1) is 18.6 Å². The highest BCUT2D eigenvalue weighted by Crippen LogP contribution is 2.22. The fourth-order valence-corrected chi connectivity index (χ4v) is 2.27. The van der Waals surface area contributed by atoms with E-state index in [9.17, 15) is 13.2 Å². The van der Waals surface area contributed by atoms with Crippen LogP contribution in [0.4, 0.5) is 0 Å². The summed E-state index contributed by atoms with van der Waals surface area (Å²) in [6, 6.07) is 3.61. The molecular formula is C12H13NO5S. The molecule has 1 aromatic carbocycles. The van der Waals surface area contributed by atoms with Gasteiger partial charge in [-0.15, -0.1) is 5.92 Å². The van der Waals surface area contributed by atoms with Crippen LogP contribution in [0.1, 0.15) is 17.3 Å². The standard InChI is InChI=1S/C12H13NO5S/c1-3-4-7-13-19(16,17)9-5-6-11(18-2)10(8-9)12(14)15/h5-6,8,13H,7H2,1-2H3,(H,14,15). The average Bonchev–Trinajstić information content (AvgIpc) is 2.38. The zero-order valence-electron chi connectivity index (χ0n) is 10.4. The Morgan fingerprint density at radius 3 is 2.68 bits per heavy atom. The third-order valence-electron chi connectivity index (χ3n) is 2.24. The van der Waals surface area contributed by atoms with E-state index in [1.54, 1.807) is 6.92 Å². The van der Waals surface area contributed by atoms with Crippen molar-refractivity contribution in [1.29, 1.82) is 0 Å². The molecule has 0 bridgehead atoms. The highest BCUT2D eigenvalue weighted by atomic mass is 32.2. The van der Waals surface area contributed by atoms with Crippen molar-refractivity contribution in [3.05, 3.63) is 23.8 Å². The molecule has 0 radical (unpaired) electrons. The summed E-state index contributed by atoms with van der Waals surface area (Å²) in [4.78, 5) is 10.9. The molecule has 0 aromatic heterocycles. The first-order chi connectivity index (χ1) is 8.92. The molecule has 0 aliphatic rings. The number of nitrogens with one attached hydrogen (secondary N) is 1. The summed E-state index contributed by atoms with van der Waals surface area (Å²) < 4.78 is 30.8. The highest BCUT2D eigenvalue weighted by Gasteiger charge is 2.18. The number of benzene rings is 1. The van der Waals surface area contributed by atoms with Gasteiger partial charge in [-0.1, -0.05) is 5.92 Å². The lowest BCUT2D eigenvalue weighted by Crippen LogP contribution is -2.24. The summed E-state index contributed by atoms with van der Waals surface area (Å²) in [5, 5.41) is 8.98. The van der Waals surface area contributed by atoms with Gasteiger partial charge in [0.15, 0.2) is 0 Å². The maximum atomic E-state index is 11.9. The Kier molecular flexibility index (Phi) is 4.92. The van der Waals surface area contributed by atoms with E-state index in [0.29, 0.717) is 0 Å². The summed E-state index contributed by atoms with van der Waals surface area (Å²) in [5.41, 5.74) is -0.216. The van der Waals surface area contributed by atoms with Gasteiger partial charge in [-0.25, -0.2) is 13.2 Å². The van der Waals surface area contributed by atoms with Crippen LogP contribution < -0.4 is 9.46 Å². The van der Waals surface area contributed by atoms with E-state index in [2.05, 4.69) is 16.6 Å². The predicted octanol–water partition coefficient (Wildman–Crippen LogP) is 0.695. The Morgan fingerprint density at radius 2 is 2.16 bits per heavy atom. The van der Waals surface area contributed by atoms with E-state index in [1.165, 1.54) is 19.2 Å². The molecule has 0 heterocycles. The van der Waals surface area contributed by atoms with Crippen molar-refractivity contribution >= 4 is 16.0 Å². The molecule has 0 saturated heterocycles. The third-order valence-corrected chi connectivity index (χ3v) is 3.64. The van der Waals surface area contributed by atoms with Crippen LogP contribution in [0.25, 0.3) is 0 Å². The predicted molar refractivity (Wildman–Crippen MR) is 68.6 cm³/mol. The minimum Gasteiger partial charge on any atom is -0.496 e. The van der Waals surface area contributed by atoms with Gasteiger partial charge in [-0.2, -0.15) is 4.72 Å². The van der Waals surface area contributed by atoms with Gasteiger partial charge in [-0.05, 0) is 25.1 Å². The number of methoxy groups -OCH3 is 1. The van der Waals surface area contributed by atoms with Crippen LogP contribution in [0.5, 0.6) is 5.75 Å². The largest absolute Gasteiger partial charge is 0.496 e. The van der Waals surface area contributed by atoms with Crippen molar-refractivity contribution in [3.8, 4) is 17.6 Å². The molecule has 0 fully saturated rings. The molecule has 102 valence electrons. The van der Waals surface area contributed by atoms with E-state index in [0.717, 1.165) is 6.07 Å². The smallest absolute Gasteiger partial charge is 0.339 e. The number of carboxylic acid groups (broad SMARTS) is 1. The summed E-state index contributed by atoms with van der Waals surface area (Å²) >= 11 is 0. The number of hydrogen-bond donors (Lipinski definition) is 2. The van der Waals surface area contributed by atoms with Crippen LogP contribution in [0.2, 0.25) is 0 Å². The molecule has 6 nitrogen and oxygen atoms in total. The lowest BCUT2D eigenvalue weighted by Gasteiger charge is -2.08. The molecule has 7 heteroatoms. The number of carboxylic acids is 1. The second-order valence-electron chi connectivity index (χ2n) is 3.42. The molecule has 2 N–H and O–H groups in total. The van der Waals surface area contributed by atoms with E-state index < -0.39 is 16.0 Å². The number of rotatable bonds is 5. The molecule has 0 unspecified atom stereocenters. The van der Waals surface area contributed by atoms with Crippen LogP contribution >= 0.6 is 0 Å². The number of sulfonamides is 1. The molecule has 0 atom stereocenters. The van der Waals surface area contributed by atoms with Crippen LogP contribution in [-0.4, -0.2) is 33.1 Å². The first kappa shape index (κ1) is 15.0. The Hall–Kier alpha value is -2.04. The van der Waals surface area contributed by atoms with Crippen LogP contribution in [0.3, 0.4) is 0 Å². The van der Waals surface area contributed by atoms with Gasteiger partial charge in [0.25, 0.3) is 0 Å². The Bertz CT molecular complexity index is 640. The van der Waals surface area contributed by atoms with Crippen molar-refractivity contribution < 1.29 is 23.1 Å². The average molecular weight is 283 g/mol. The summed E-state index contributed by atoms with van der Waals surface area (Å²) in [6.07, 6.45) is 0. The minimum absolute atomic E-state index is 0.0345. The Labute approximate surface area is 111 Å².